The van der Waals surface area contributed by atoms with Gasteiger partial charge in [0.15, 0.2) is 0 Å². The molecule has 0 aliphatic carbocycles. The van der Waals surface area contributed by atoms with Crippen LogP contribution >= 0.6 is 0 Å². The third kappa shape index (κ3) is 18.2. The van der Waals surface area contributed by atoms with Crippen molar-refractivity contribution in [1.82, 2.24) is 0 Å². The van der Waals surface area contributed by atoms with Crippen molar-refractivity contribution in [1.29, 1.82) is 0 Å². The lowest BCUT2D eigenvalue weighted by Crippen LogP contribution is -2.13. The van der Waals surface area contributed by atoms with Gasteiger partial charge in [0.1, 0.15) is 0 Å². The number of rotatable bonds is 8. The summed E-state index contributed by atoms with van der Waals surface area (Å²) in [4.78, 5) is 19.7. The number of hydrogen-bond donors (Lipinski definition) is 0. The van der Waals surface area contributed by atoms with Crippen LogP contribution in [-0.2, 0) is 19.6 Å². The van der Waals surface area contributed by atoms with Gasteiger partial charge in [-0.2, -0.15) is 0 Å². The molecule has 0 rings (SSSR count). The summed E-state index contributed by atoms with van der Waals surface area (Å²) in [6.07, 6.45) is 2.75. The molecular weight excluding hydrogens is 232 g/mol. The smallest absolute Gasteiger partial charge is 0.0899 e. The molecule has 0 heterocycles. The van der Waals surface area contributed by atoms with Gasteiger partial charge in [0.25, 0.3) is 0 Å². The molecule has 2 unspecified atom stereocenters. The molecule has 0 aromatic rings. The molecule has 0 aliphatic rings. The van der Waals surface area contributed by atoms with Crippen molar-refractivity contribution >= 4 is 0 Å². The Morgan fingerprint density at radius 1 is 0.556 bits per heavy atom. The molecular formula is C14H32O4. The van der Waals surface area contributed by atoms with Crippen molar-refractivity contribution in [3.63, 3.8) is 0 Å². The van der Waals surface area contributed by atoms with E-state index in [2.05, 4.69) is 13.8 Å². The minimum absolute atomic E-state index is 0.164. The van der Waals surface area contributed by atoms with E-state index in [4.69, 9.17) is 19.6 Å². The Labute approximate surface area is 113 Å². The lowest BCUT2D eigenvalue weighted by Gasteiger charge is -2.13. The van der Waals surface area contributed by atoms with Crippen LogP contribution in [0.2, 0.25) is 0 Å². The molecule has 0 aliphatic heterocycles. The van der Waals surface area contributed by atoms with Crippen LogP contribution < -0.4 is 0 Å². The van der Waals surface area contributed by atoms with Gasteiger partial charge in [-0.3, -0.25) is 0 Å². The first-order chi connectivity index (χ1) is 8.33. The Balaban J connectivity index is 0. The quantitative estimate of drug-likeness (QED) is 0.484. The van der Waals surface area contributed by atoms with Gasteiger partial charge in [-0.15, -0.1) is 0 Å². The topological polar surface area (TPSA) is 36.9 Å². The van der Waals surface area contributed by atoms with Crippen LogP contribution in [0.1, 0.15) is 68.2 Å². The maximum absolute atomic E-state index is 5.04. The van der Waals surface area contributed by atoms with Gasteiger partial charge in [-0.1, -0.05) is 13.8 Å². The van der Waals surface area contributed by atoms with Crippen LogP contribution in [0.15, 0.2) is 0 Å². The SMILES string of the molecule is CC(C)OOC(C)C.CCC(C)OOC(C)CC. The van der Waals surface area contributed by atoms with Crippen LogP contribution in [0.5, 0.6) is 0 Å². The van der Waals surface area contributed by atoms with E-state index in [9.17, 15) is 0 Å². The largest absolute Gasteiger partial charge is 0.234 e. The average molecular weight is 264 g/mol. The van der Waals surface area contributed by atoms with Crippen LogP contribution in [0.4, 0.5) is 0 Å². The van der Waals surface area contributed by atoms with Crippen molar-refractivity contribution in [2.45, 2.75) is 92.6 Å². The van der Waals surface area contributed by atoms with E-state index >= 15 is 0 Å². The normalized spacial score (nSPS) is 14.3. The summed E-state index contributed by atoms with van der Waals surface area (Å²) < 4.78 is 0. The first kappa shape index (κ1) is 20.2. The van der Waals surface area contributed by atoms with Gasteiger partial charge < -0.3 is 0 Å². The maximum Gasteiger partial charge on any atom is 0.0899 e. The van der Waals surface area contributed by atoms with E-state index in [0.29, 0.717) is 0 Å². The van der Waals surface area contributed by atoms with Gasteiger partial charge in [0.2, 0.25) is 0 Å². The molecule has 0 amide bonds. The zero-order valence-electron chi connectivity index (χ0n) is 13.4. The van der Waals surface area contributed by atoms with E-state index in [1.165, 1.54) is 0 Å². The minimum Gasteiger partial charge on any atom is -0.234 e. The summed E-state index contributed by atoms with van der Waals surface area (Å²) in [5, 5.41) is 0. The molecule has 2 atom stereocenters. The van der Waals surface area contributed by atoms with Crippen LogP contribution in [0.3, 0.4) is 0 Å². The second-order valence-electron chi connectivity index (χ2n) is 4.92. The van der Waals surface area contributed by atoms with Gasteiger partial charge in [0, 0.05) is 0 Å². The standard InChI is InChI=1S/C8H18O2.C6H14O2/c1-5-7(3)9-10-8(4)6-2;1-5(2)7-8-6(3)4/h7-8H,5-6H2,1-4H3;5-6H,1-4H3. The predicted octanol–water partition coefficient (Wildman–Crippen LogP) is 4.28. The monoisotopic (exact) mass is 264 g/mol. The van der Waals surface area contributed by atoms with E-state index in [1.54, 1.807) is 0 Å². The predicted molar refractivity (Wildman–Crippen MR) is 74.1 cm³/mol. The summed E-state index contributed by atoms with van der Waals surface area (Å²) in [5.74, 6) is 0. The van der Waals surface area contributed by atoms with E-state index in [0.717, 1.165) is 12.8 Å². The third-order valence-corrected chi connectivity index (χ3v) is 1.97. The van der Waals surface area contributed by atoms with Gasteiger partial charge in [-0.25, -0.2) is 19.6 Å². The highest BCUT2D eigenvalue weighted by atomic mass is 17.2. The van der Waals surface area contributed by atoms with Crippen molar-refractivity contribution < 1.29 is 19.6 Å². The van der Waals surface area contributed by atoms with E-state index in [1.807, 2.05) is 41.5 Å². The summed E-state index contributed by atoms with van der Waals surface area (Å²) in [6, 6.07) is 0. The molecule has 0 radical (unpaired) electrons. The Morgan fingerprint density at radius 2 is 0.833 bits per heavy atom. The molecule has 0 saturated heterocycles. The van der Waals surface area contributed by atoms with Gasteiger partial charge in [0.05, 0.1) is 24.4 Å². The summed E-state index contributed by atoms with van der Waals surface area (Å²) in [5.41, 5.74) is 0. The highest BCUT2D eigenvalue weighted by Gasteiger charge is 2.02. The molecule has 0 N–H and O–H groups in total. The molecule has 0 fully saturated rings. The fraction of sp³-hybridized carbons (Fsp3) is 1.00. The second kappa shape index (κ2) is 13.3. The Morgan fingerprint density at radius 3 is 1.00 bits per heavy atom. The third-order valence-electron chi connectivity index (χ3n) is 1.97. The molecule has 0 aromatic carbocycles. The molecule has 4 nitrogen and oxygen atoms in total. The molecule has 112 valence electrons. The first-order valence-electron chi connectivity index (χ1n) is 6.97. The Hall–Kier alpha value is -0.160. The zero-order chi connectivity index (χ0) is 14.6. The number of hydrogen-bond acceptors (Lipinski definition) is 4. The second-order valence-corrected chi connectivity index (χ2v) is 4.92. The van der Waals surface area contributed by atoms with Gasteiger partial charge in [-0.05, 0) is 54.4 Å². The lowest BCUT2D eigenvalue weighted by atomic mass is 10.3. The first-order valence-corrected chi connectivity index (χ1v) is 6.97. The maximum atomic E-state index is 5.04. The molecule has 0 saturated carbocycles. The van der Waals surface area contributed by atoms with Crippen LogP contribution in [0, 0.1) is 0 Å². The molecule has 0 aromatic heterocycles. The van der Waals surface area contributed by atoms with Gasteiger partial charge >= 0.3 is 0 Å². The molecule has 4 heteroatoms. The van der Waals surface area contributed by atoms with E-state index < -0.39 is 0 Å². The summed E-state index contributed by atoms with van der Waals surface area (Å²) >= 11 is 0. The summed E-state index contributed by atoms with van der Waals surface area (Å²) in [7, 11) is 0. The zero-order valence-corrected chi connectivity index (χ0v) is 13.4. The van der Waals surface area contributed by atoms with Crippen molar-refractivity contribution in [2.24, 2.45) is 0 Å². The Bertz CT molecular complexity index is 142. The van der Waals surface area contributed by atoms with Crippen molar-refractivity contribution in [2.75, 3.05) is 0 Å². The molecule has 0 spiro atoms. The average Bonchev–Trinajstić information content (AvgIpc) is 2.33. The fourth-order valence-corrected chi connectivity index (χ4v) is 0.548. The molecule has 18 heavy (non-hydrogen) atoms. The van der Waals surface area contributed by atoms with Crippen molar-refractivity contribution in [3.05, 3.63) is 0 Å². The fourth-order valence-electron chi connectivity index (χ4n) is 0.548. The van der Waals surface area contributed by atoms with Crippen molar-refractivity contribution in [3.8, 4) is 0 Å². The van der Waals surface area contributed by atoms with E-state index in [-0.39, 0.29) is 24.4 Å². The van der Waals surface area contributed by atoms with Crippen LogP contribution in [-0.4, -0.2) is 24.4 Å². The highest BCUT2D eigenvalue weighted by Crippen LogP contribution is 2.02. The lowest BCUT2D eigenvalue weighted by molar-refractivity contribution is -0.344. The Kier molecular flexibility index (Phi) is 14.9. The minimum atomic E-state index is 0.164. The highest BCUT2D eigenvalue weighted by molar-refractivity contribution is 4.42. The van der Waals surface area contributed by atoms with Crippen LogP contribution in [0.25, 0.3) is 0 Å². The molecule has 0 bridgehead atoms. The summed E-state index contributed by atoms with van der Waals surface area (Å²) in [6.45, 7) is 15.9.